The topological polar surface area (TPSA) is 29.5 Å². The Labute approximate surface area is 157 Å². The number of fused-ring (bicyclic) bond motifs is 3. The summed E-state index contributed by atoms with van der Waals surface area (Å²) >= 11 is 0. The van der Waals surface area contributed by atoms with Crippen LogP contribution in [0.4, 0.5) is 0 Å². The second kappa shape index (κ2) is 6.64. The number of ether oxygens (including phenoxy) is 1. The number of rotatable bonds is 3. The van der Waals surface area contributed by atoms with Crippen LogP contribution in [0.1, 0.15) is 62.6 Å². The third kappa shape index (κ3) is 3.22. The summed E-state index contributed by atoms with van der Waals surface area (Å²) in [6.45, 7) is 6.78. The van der Waals surface area contributed by atoms with E-state index >= 15 is 0 Å². The molecule has 0 saturated heterocycles. The number of aromatic hydroxyl groups is 1. The minimum Gasteiger partial charge on any atom is -0.508 e. The summed E-state index contributed by atoms with van der Waals surface area (Å²) in [5.41, 5.74) is 3.38. The molecule has 1 fully saturated rings. The van der Waals surface area contributed by atoms with Crippen molar-refractivity contribution in [3.05, 3.63) is 59.2 Å². The van der Waals surface area contributed by atoms with Gasteiger partial charge in [0.2, 0.25) is 0 Å². The first-order valence-corrected chi connectivity index (χ1v) is 10.0. The summed E-state index contributed by atoms with van der Waals surface area (Å²) in [7, 11) is 0. The SMILES string of the molecule is CC1CC[C@H]2[C@H](C1)c1c(O)cc(CCc3ccccc3)cc1OC2(C)C. The summed E-state index contributed by atoms with van der Waals surface area (Å²) in [5, 5.41) is 10.8. The van der Waals surface area contributed by atoms with Crippen molar-refractivity contribution in [3.8, 4) is 11.5 Å². The molecular formula is C24H30O2. The van der Waals surface area contributed by atoms with Gasteiger partial charge in [0.15, 0.2) is 0 Å². The fraction of sp³-hybridized carbons (Fsp3) is 0.500. The third-order valence-corrected chi connectivity index (χ3v) is 6.47. The molecule has 3 atom stereocenters. The first-order valence-electron chi connectivity index (χ1n) is 10.0. The van der Waals surface area contributed by atoms with Crippen LogP contribution in [-0.2, 0) is 12.8 Å². The maximum atomic E-state index is 10.8. The Bertz CT molecular complexity index is 778. The highest BCUT2D eigenvalue weighted by atomic mass is 16.5. The highest BCUT2D eigenvalue weighted by Gasteiger charge is 2.47. The Morgan fingerprint density at radius 1 is 1.04 bits per heavy atom. The molecule has 0 radical (unpaired) electrons. The van der Waals surface area contributed by atoms with E-state index in [4.69, 9.17) is 4.74 Å². The maximum Gasteiger partial charge on any atom is 0.127 e. The zero-order valence-electron chi connectivity index (χ0n) is 16.2. The zero-order chi connectivity index (χ0) is 18.3. The Hall–Kier alpha value is -1.96. The first-order chi connectivity index (χ1) is 12.4. The zero-order valence-corrected chi connectivity index (χ0v) is 16.2. The van der Waals surface area contributed by atoms with Gasteiger partial charge in [0, 0.05) is 11.5 Å². The van der Waals surface area contributed by atoms with Crippen LogP contribution < -0.4 is 4.74 Å². The van der Waals surface area contributed by atoms with E-state index in [1.54, 1.807) is 0 Å². The molecular weight excluding hydrogens is 320 g/mol. The van der Waals surface area contributed by atoms with Crippen molar-refractivity contribution in [1.82, 2.24) is 0 Å². The quantitative estimate of drug-likeness (QED) is 0.750. The smallest absolute Gasteiger partial charge is 0.127 e. The Morgan fingerprint density at radius 3 is 2.54 bits per heavy atom. The van der Waals surface area contributed by atoms with E-state index in [0.29, 0.717) is 17.6 Å². The van der Waals surface area contributed by atoms with Gasteiger partial charge >= 0.3 is 0 Å². The molecule has 2 aromatic carbocycles. The average Bonchev–Trinajstić information content (AvgIpc) is 2.59. The van der Waals surface area contributed by atoms with E-state index < -0.39 is 0 Å². The summed E-state index contributed by atoms with van der Waals surface area (Å²) in [5.74, 6) is 2.97. The van der Waals surface area contributed by atoms with Gasteiger partial charge in [-0.3, -0.25) is 0 Å². The van der Waals surface area contributed by atoms with E-state index in [1.165, 1.54) is 18.4 Å². The summed E-state index contributed by atoms with van der Waals surface area (Å²) in [6.07, 6.45) is 5.50. The summed E-state index contributed by atoms with van der Waals surface area (Å²) in [6, 6.07) is 14.7. The van der Waals surface area contributed by atoms with Crippen molar-refractivity contribution in [1.29, 1.82) is 0 Å². The van der Waals surface area contributed by atoms with Crippen molar-refractivity contribution in [2.75, 3.05) is 0 Å². The van der Waals surface area contributed by atoms with Gasteiger partial charge in [-0.1, -0.05) is 43.7 Å². The standard InChI is InChI=1S/C24H30O2/c1-16-9-12-20-19(13-16)23-21(25)14-18(15-22(23)26-24(20,2)3)11-10-17-7-5-4-6-8-17/h4-8,14-16,19-20,25H,9-13H2,1-3H3/t16?,19-,20-/m0/s1. The van der Waals surface area contributed by atoms with Crippen LogP contribution >= 0.6 is 0 Å². The van der Waals surface area contributed by atoms with Gasteiger partial charge in [-0.15, -0.1) is 0 Å². The molecule has 2 heteroatoms. The van der Waals surface area contributed by atoms with E-state index in [9.17, 15) is 5.11 Å². The molecule has 1 aliphatic heterocycles. The second-order valence-corrected chi connectivity index (χ2v) is 8.85. The van der Waals surface area contributed by atoms with Crippen molar-refractivity contribution in [3.63, 3.8) is 0 Å². The highest BCUT2D eigenvalue weighted by Crippen LogP contribution is 2.55. The van der Waals surface area contributed by atoms with Gasteiger partial charge in [-0.2, -0.15) is 0 Å². The molecule has 1 heterocycles. The fourth-order valence-corrected chi connectivity index (χ4v) is 5.09. The lowest BCUT2D eigenvalue weighted by Gasteiger charge is -2.48. The molecule has 138 valence electrons. The minimum absolute atomic E-state index is 0.164. The lowest BCUT2D eigenvalue weighted by molar-refractivity contribution is -0.0145. The number of hydrogen-bond acceptors (Lipinski definition) is 2. The van der Waals surface area contributed by atoms with Gasteiger partial charge in [-0.05, 0) is 74.6 Å². The molecule has 0 amide bonds. The Morgan fingerprint density at radius 2 is 1.77 bits per heavy atom. The molecule has 0 spiro atoms. The van der Waals surface area contributed by atoms with Crippen LogP contribution in [0, 0.1) is 11.8 Å². The van der Waals surface area contributed by atoms with E-state index in [2.05, 4.69) is 51.1 Å². The number of aryl methyl sites for hydroxylation is 2. The van der Waals surface area contributed by atoms with E-state index in [0.717, 1.165) is 42.1 Å². The van der Waals surface area contributed by atoms with Crippen LogP contribution in [-0.4, -0.2) is 10.7 Å². The molecule has 2 aliphatic rings. The van der Waals surface area contributed by atoms with Gasteiger partial charge in [0.25, 0.3) is 0 Å². The molecule has 4 rings (SSSR count). The van der Waals surface area contributed by atoms with Crippen LogP contribution in [0.5, 0.6) is 11.5 Å². The highest BCUT2D eigenvalue weighted by molar-refractivity contribution is 5.52. The molecule has 0 bridgehead atoms. The van der Waals surface area contributed by atoms with Crippen molar-refractivity contribution >= 4 is 0 Å². The predicted octanol–water partition coefficient (Wildman–Crippen LogP) is 5.87. The molecule has 0 aromatic heterocycles. The number of hydrogen-bond donors (Lipinski definition) is 1. The lowest BCUT2D eigenvalue weighted by Crippen LogP contribution is -2.46. The number of benzene rings is 2. The van der Waals surface area contributed by atoms with Crippen LogP contribution in [0.25, 0.3) is 0 Å². The Balaban J connectivity index is 1.63. The third-order valence-electron chi connectivity index (χ3n) is 6.47. The number of phenolic OH excluding ortho intramolecular Hbond substituents is 1. The second-order valence-electron chi connectivity index (χ2n) is 8.85. The fourth-order valence-electron chi connectivity index (χ4n) is 5.09. The van der Waals surface area contributed by atoms with Gasteiger partial charge in [0.1, 0.15) is 17.1 Å². The molecule has 26 heavy (non-hydrogen) atoms. The lowest BCUT2D eigenvalue weighted by atomic mass is 9.64. The normalized spacial score (nSPS) is 26.5. The van der Waals surface area contributed by atoms with Gasteiger partial charge in [-0.25, -0.2) is 0 Å². The average molecular weight is 351 g/mol. The summed E-state index contributed by atoms with van der Waals surface area (Å²) < 4.78 is 6.44. The Kier molecular flexibility index (Phi) is 4.46. The molecule has 1 aliphatic carbocycles. The van der Waals surface area contributed by atoms with Crippen molar-refractivity contribution < 1.29 is 9.84 Å². The first kappa shape index (κ1) is 17.5. The van der Waals surface area contributed by atoms with E-state index in [1.807, 2.05) is 12.1 Å². The molecule has 2 nitrogen and oxygen atoms in total. The summed E-state index contributed by atoms with van der Waals surface area (Å²) in [4.78, 5) is 0. The number of phenols is 1. The van der Waals surface area contributed by atoms with Crippen LogP contribution in [0.15, 0.2) is 42.5 Å². The van der Waals surface area contributed by atoms with Crippen molar-refractivity contribution in [2.45, 2.75) is 64.4 Å². The van der Waals surface area contributed by atoms with Crippen molar-refractivity contribution in [2.24, 2.45) is 11.8 Å². The van der Waals surface area contributed by atoms with Gasteiger partial charge in [0.05, 0.1) is 0 Å². The molecule has 1 unspecified atom stereocenters. The van der Waals surface area contributed by atoms with Crippen LogP contribution in [0.3, 0.4) is 0 Å². The molecule has 1 N–H and O–H groups in total. The molecule has 2 aromatic rings. The largest absolute Gasteiger partial charge is 0.508 e. The van der Waals surface area contributed by atoms with E-state index in [-0.39, 0.29) is 5.60 Å². The van der Waals surface area contributed by atoms with Crippen LogP contribution in [0.2, 0.25) is 0 Å². The molecule has 1 saturated carbocycles. The predicted molar refractivity (Wildman–Crippen MR) is 106 cm³/mol. The monoisotopic (exact) mass is 350 g/mol. The van der Waals surface area contributed by atoms with Gasteiger partial charge < -0.3 is 9.84 Å². The minimum atomic E-state index is -0.164. The maximum absolute atomic E-state index is 10.8.